The molecule has 4 rings (SSSR count). The fourth-order valence-corrected chi connectivity index (χ4v) is 3.39. The van der Waals surface area contributed by atoms with Crippen molar-refractivity contribution >= 4 is 23.3 Å². The molecule has 8 N–H and O–H groups in total. The molecule has 44 heavy (non-hydrogen) atoms. The van der Waals surface area contributed by atoms with Crippen molar-refractivity contribution in [2.45, 2.75) is 20.3 Å². The van der Waals surface area contributed by atoms with E-state index in [0.717, 1.165) is 29.7 Å². The Hall–Kier alpha value is -5.04. The topological polar surface area (TPSA) is 144 Å². The maximum Gasteiger partial charge on any atom is 0.337 e. The van der Waals surface area contributed by atoms with Gasteiger partial charge in [0, 0.05) is 30.1 Å². The molecule has 4 aromatic rings. The molecule has 236 valence electrons. The molecule has 7 nitrogen and oxygen atoms in total. The van der Waals surface area contributed by atoms with Gasteiger partial charge in [0.1, 0.15) is 11.6 Å². The first kappa shape index (κ1) is 37.0. The molecule has 0 radical (unpaired) electrons. The van der Waals surface area contributed by atoms with E-state index in [-0.39, 0.29) is 42.5 Å². The largest absolute Gasteiger partial charge is 0.478 e. The molecule has 1 amide bonds. The van der Waals surface area contributed by atoms with E-state index >= 15 is 0 Å². The van der Waals surface area contributed by atoms with Gasteiger partial charge in [-0.25, -0.2) is 31.1 Å². The van der Waals surface area contributed by atoms with Gasteiger partial charge in [0.15, 0.2) is 23.3 Å². The summed E-state index contributed by atoms with van der Waals surface area (Å²) < 4.78 is 75.8. The lowest BCUT2D eigenvalue weighted by atomic mass is 10.1. The molecule has 0 aliphatic rings. The standard InChI is InChI=1S/C15H13F3N2O.C8H10FN.C7H5F2NO2.CH4/c16-10-3-1-9(2-4-10)5-6-20-15(21)11-7-12(17)13(18)8-14(11)19;9-8-3-1-7(2-4-8)5-6-10;8-4-1-3(7(11)12)6(10)2-5(4)9;/h1-4,7-8H,5-6,19H2,(H,20,21);1-4H,5-6,10H2;1-2H,10H2,(H,11,12);1H4. The minimum absolute atomic E-state index is 0. The molecule has 0 aliphatic carbocycles. The third kappa shape index (κ3) is 11.7. The third-order valence-corrected chi connectivity index (χ3v) is 5.62. The van der Waals surface area contributed by atoms with E-state index in [1.165, 1.54) is 24.3 Å². The average molecular weight is 623 g/mol. The van der Waals surface area contributed by atoms with Crippen LogP contribution >= 0.6 is 0 Å². The van der Waals surface area contributed by atoms with E-state index < -0.39 is 40.7 Å². The van der Waals surface area contributed by atoms with E-state index in [2.05, 4.69) is 5.32 Å². The summed E-state index contributed by atoms with van der Waals surface area (Å²) in [4.78, 5) is 22.1. The highest BCUT2D eigenvalue weighted by atomic mass is 19.2. The maximum absolute atomic E-state index is 13.1. The Labute approximate surface area is 250 Å². The highest BCUT2D eigenvalue weighted by molar-refractivity contribution is 5.99. The van der Waals surface area contributed by atoms with Crippen LogP contribution in [0, 0.1) is 34.9 Å². The number of aromatic carboxylic acids is 1. The van der Waals surface area contributed by atoms with Crippen LogP contribution in [-0.4, -0.2) is 30.1 Å². The van der Waals surface area contributed by atoms with Crippen molar-refractivity contribution in [3.05, 3.63) is 130 Å². The monoisotopic (exact) mass is 622 g/mol. The summed E-state index contributed by atoms with van der Waals surface area (Å²) in [5.74, 6) is -7.11. The van der Waals surface area contributed by atoms with Gasteiger partial charge >= 0.3 is 5.97 Å². The van der Waals surface area contributed by atoms with Crippen molar-refractivity contribution in [1.29, 1.82) is 0 Å². The van der Waals surface area contributed by atoms with Gasteiger partial charge in [0.25, 0.3) is 5.91 Å². The Bertz CT molecular complexity index is 1540. The summed E-state index contributed by atoms with van der Waals surface area (Å²) >= 11 is 0. The van der Waals surface area contributed by atoms with Crippen LogP contribution in [0.1, 0.15) is 39.3 Å². The Balaban J connectivity index is 0.000000358. The maximum atomic E-state index is 13.1. The first-order valence-electron chi connectivity index (χ1n) is 12.5. The van der Waals surface area contributed by atoms with Crippen LogP contribution in [0.5, 0.6) is 0 Å². The van der Waals surface area contributed by atoms with E-state index in [1.54, 1.807) is 24.3 Å². The highest BCUT2D eigenvalue weighted by Gasteiger charge is 2.14. The van der Waals surface area contributed by atoms with E-state index in [0.29, 0.717) is 25.1 Å². The first-order valence-corrected chi connectivity index (χ1v) is 12.5. The first-order chi connectivity index (χ1) is 20.3. The summed E-state index contributed by atoms with van der Waals surface area (Å²) in [6.45, 7) is 0.883. The molecule has 0 fully saturated rings. The molecule has 0 atom stereocenters. The predicted molar refractivity (Wildman–Crippen MR) is 157 cm³/mol. The van der Waals surface area contributed by atoms with Crippen molar-refractivity contribution in [2.24, 2.45) is 5.73 Å². The summed E-state index contributed by atoms with van der Waals surface area (Å²) in [5, 5.41) is 11.0. The molecule has 0 spiro atoms. The van der Waals surface area contributed by atoms with E-state index in [9.17, 15) is 35.9 Å². The SMILES string of the molecule is C.NCCc1ccc(F)cc1.Nc1cc(F)c(F)cc1C(=O)NCCc1ccc(F)cc1.Nc1cc(F)c(F)cc1C(=O)O. The second kappa shape index (κ2) is 17.8. The highest BCUT2D eigenvalue weighted by Crippen LogP contribution is 2.17. The normalized spacial score (nSPS) is 9.89. The molecular weight excluding hydrogens is 590 g/mol. The third-order valence-electron chi connectivity index (χ3n) is 5.62. The number of carbonyl (C=O) groups is 2. The number of hydrogen-bond donors (Lipinski definition) is 5. The van der Waals surface area contributed by atoms with Gasteiger partial charge in [-0.1, -0.05) is 31.7 Å². The van der Waals surface area contributed by atoms with Crippen molar-refractivity contribution in [2.75, 3.05) is 24.6 Å². The Morgan fingerprint density at radius 2 is 1.02 bits per heavy atom. The fraction of sp³-hybridized carbons (Fsp3) is 0.161. The molecule has 0 heterocycles. The lowest BCUT2D eigenvalue weighted by Gasteiger charge is -2.08. The van der Waals surface area contributed by atoms with Gasteiger partial charge in [0.05, 0.1) is 11.1 Å². The number of hydrogen-bond acceptors (Lipinski definition) is 5. The van der Waals surface area contributed by atoms with E-state index in [4.69, 9.17) is 22.3 Å². The van der Waals surface area contributed by atoms with Gasteiger partial charge in [-0.15, -0.1) is 0 Å². The lowest BCUT2D eigenvalue weighted by Crippen LogP contribution is -2.26. The van der Waals surface area contributed by atoms with Crippen LogP contribution in [-0.2, 0) is 12.8 Å². The number of nitrogen functional groups attached to an aromatic ring is 2. The van der Waals surface area contributed by atoms with Crippen LogP contribution in [0.3, 0.4) is 0 Å². The molecule has 0 saturated heterocycles. The number of anilines is 2. The summed E-state index contributed by atoms with van der Waals surface area (Å²) in [6, 6.07) is 15.0. The molecule has 13 heteroatoms. The minimum Gasteiger partial charge on any atom is -0.478 e. The quantitative estimate of drug-likeness (QED) is 0.129. The number of rotatable bonds is 7. The molecule has 0 bridgehead atoms. The predicted octanol–water partition coefficient (Wildman–Crippen LogP) is 5.87. The second-order valence-electron chi connectivity index (χ2n) is 8.81. The minimum atomic E-state index is -1.38. The molecular formula is C31H32F6N4O3. The number of benzene rings is 4. The van der Waals surface area contributed by atoms with Crippen LogP contribution in [0.4, 0.5) is 37.7 Å². The van der Waals surface area contributed by atoms with Crippen molar-refractivity contribution in [3.8, 4) is 0 Å². The Morgan fingerprint density at radius 3 is 1.45 bits per heavy atom. The fourth-order valence-electron chi connectivity index (χ4n) is 3.39. The number of nitrogens with two attached hydrogens (primary N) is 3. The van der Waals surface area contributed by atoms with Gasteiger partial charge in [-0.3, -0.25) is 4.79 Å². The summed E-state index contributed by atoms with van der Waals surface area (Å²) in [5.41, 5.74) is 16.8. The summed E-state index contributed by atoms with van der Waals surface area (Å²) in [7, 11) is 0. The number of halogens is 6. The Morgan fingerprint density at radius 1 is 0.636 bits per heavy atom. The summed E-state index contributed by atoms with van der Waals surface area (Å²) in [6.07, 6.45) is 1.30. The molecule has 0 aliphatic heterocycles. The average Bonchev–Trinajstić information content (AvgIpc) is 2.95. The zero-order valence-corrected chi connectivity index (χ0v) is 22.5. The molecule has 0 saturated carbocycles. The zero-order chi connectivity index (χ0) is 32.1. The second-order valence-corrected chi connectivity index (χ2v) is 8.81. The smallest absolute Gasteiger partial charge is 0.337 e. The van der Waals surface area contributed by atoms with Crippen molar-refractivity contribution in [3.63, 3.8) is 0 Å². The van der Waals surface area contributed by atoms with Gasteiger partial charge in [0.2, 0.25) is 0 Å². The number of amides is 1. The van der Waals surface area contributed by atoms with Crippen molar-refractivity contribution in [1.82, 2.24) is 5.32 Å². The van der Waals surface area contributed by atoms with Crippen LogP contribution in [0.15, 0.2) is 72.8 Å². The zero-order valence-electron chi connectivity index (χ0n) is 22.5. The van der Waals surface area contributed by atoms with Crippen LogP contribution in [0.2, 0.25) is 0 Å². The lowest BCUT2D eigenvalue weighted by molar-refractivity contribution is 0.0697. The number of nitrogens with one attached hydrogen (secondary N) is 1. The Kier molecular flexibility index (Phi) is 15.0. The number of carbonyl (C=O) groups excluding carboxylic acids is 1. The molecule has 4 aromatic carbocycles. The van der Waals surface area contributed by atoms with Crippen LogP contribution in [0.25, 0.3) is 0 Å². The molecule has 0 aromatic heterocycles. The van der Waals surface area contributed by atoms with E-state index in [1.807, 2.05) is 0 Å². The molecule has 0 unspecified atom stereocenters. The van der Waals surface area contributed by atoms with Gasteiger partial charge in [-0.05, 0) is 66.9 Å². The van der Waals surface area contributed by atoms with Crippen molar-refractivity contribution < 1.29 is 41.0 Å². The number of carboxylic acids is 1. The van der Waals surface area contributed by atoms with Crippen LogP contribution < -0.4 is 22.5 Å². The van der Waals surface area contributed by atoms with Gasteiger partial charge < -0.3 is 27.6 Å². The van der Waals surface area contributed by atoms with Gasteiger partial charge in [-0.2, -0.15) is 0 Å². The number of carboxylic acid groups (broad SMARTS) is 1.